The van der Waals surface area contributed by atoms with Gasteiger partial charge in [0, 0.05) is 30.9 Å². The zero-order valence-corrected chi connectivity index (χ0v) is 14.2. The first-order valence-electron chi connectivity index (χ1n) is 8.24. The van der Waals surface area contributed by atoms with Crippen LogP contribution in [0.15, 0.2) is 30.6 Å². The van der Waals surface area contributed by atoms with Crippen LogP contribution in [0.3, 0.4) is 0 Å². The highest BCUT2D eigenvalue weighted by Gasteiger charge is 2.25. The average Bonchev–Trinajstić information content (AvgIpc) is 3.10. The third-order valence-electron chi connectivity index (χ3n) is 4.63. The predicted octanol–water partition coefficient (Wildman–Crippen LogP) is 3.09. The molecule has 1 aliphatic rings. The summed E-state index contributed by atoms with van der Waals surface area (Å²) in [6.45, 7) is 5.58. The van der Waals surface area contributed by atoms with Crippen LogP contribution in [0.25, 0.3) is 5.69 Å². The van der Waals surface area contributed by atoms with Gasteiger partial charge in [0.15, 0.2) is 0 Å². The number of hydrogen-bond acceptors (Lipinski definition) is 4. The fourth-order valence-electron chi connectivity index (χ4n) is 3.36. The Bertz CT molecular complexity index is 653. The summed E-state index contributed by atoms with van der Waals surface area (Å²) in [6.07, 6.45) is 6.29. The first-order chi connectivity index (χ1) is 11.3. The van der Waals surface area contributed by atoms with Gasteiger partial charge in [-0.05, 0) is 38.1 Å². The maximum atomic E-state index is 5.54. The normalized spacial score (nSPS) is 18.8. The number of rotatable bonds is 5. The molecule has 1 fully saturated rings. The molecule has 1 unspecified atom stereocenters. The highest BCUT2D eigenvalue weighted by Crippen LogP contribution is 2.32. The zero-order chi connectivity index (χ0) is 16.2. The molecule has 124 valence electrons. The van der Waals surface area contributed by atoms with Crippen LogP contribution < -0.4 is 9.47 Å². The summed E-state index contributed by atoms with van der Waals surface area (Å²) in [5.74, 6) is 3.21. The number of likely N-dealkylation sites (tertiary alicyclic amines) is 1. The molecule has 1 aromatic carbocycles. The quantitative estimate of drug-likeness (QED) is 0.850. The third-order valence-corrected chi connectivity index (χ3v) is 4.63. The van der Waals surface area contributed by atoms with Crippen molar-refractivity contribution in [1.82, 2.24) is 14.5 Å². The van der Waals surface area contributed by atoms with Crippen molar-refractivity contribution >= 4 is 0 Å². The molecule has 1 atom stereocenters. The lowest BCUT2D eigenvalue weighted by atomic mass is 9.97. The van der Waals surface area contributed by atoms with Gasteiger partial charge in [-0.2, -0.15) is 0 Å². The second kappa shape index (κ2) is 7.04. The number of imidazole rings is 1. The lowest BCUT2D eigenvalue weighted by Gasteiger charge is -2.31. The van der Waals surface area contributed by atoms with Crippen molar-refractivity contribution in [3.8, 4) is 17.2 Å². The van der Waals surface area contributed by atoms with Gasteiger partial charge in [-0.3, -0.25) is 4.57 Å². The Hall–Kier alpha value is -2.01. The molecule has 1 saturated heterocycles. The van der Waals surface area contributed by atoms with Crippen molar-refractivity contribution in [1.29, 1.82) is 0 Å². The van der Waals surface area contributed by atoms with Crippen LogP contribution in [0.5, 0.6) is 11.5 Å². The summed E-state index contributed by atoms with van der Waals surface area (Å²) in [6, 6.07) is 5.86. The summed E-state index contributed by atoms with van der Waals surface area (Å²) < 4.78 is 13.1. The minimum Gasteiger partial charge on any atom is -0.497 e. The van der Waals surface area contributed by atoms with Crippen LogP contribution in [-0.2, 0) is 0 Å². The summed E-state index contributed by atoms with van der Waals surface area (Å²) in [7, 11) is 3.38. The van der Waals surface area contributed by atoms with Crippen molar-refractivity contribution in [2.75, 3.05) is 33.9 Å². The SMILES string of the molecule is CCN1CCCC(c2nccn2-c2cc(OC)ccc2OC)C1. The summed E-state index contributed by atoms with van der Waals surface area (Å²) in [5, 5.41) is 0. The fourth-order valence-corrected chi connectivity index (χ4v) is 3.36. The summed E-state index contributed by atoms with van der Waals surface area (Å²) in [5.41, 5.74) is 0.980. The van der Waals surface area contributed by atoms with Crippen LogP contribution in [0.4, 0.5) is 0 Å². The number of benzene rings is 1. The van der Waals surface area contributed by atoms with Crippen molar-refractivity contribution in [2.24, 2.45) is 0 Å². The lowest BCUT2D eigenvalue weighted by molar-refractivity contribution is 0.213. The average molecular weight is 315 g/mol. The monoisotopic (exact) mass is 315 g/mol. The molecule has 2 heterocycles. The molecule has 0 saturated carbocycles. The van der Waals surface area contributed by atoms with E-state index in [-0.39, 0.29) is 0 Å². The van der Waals surface area contributed by atoms with Gasteiger partial charge in [0.25, 0.3) is 0 Å². The highest BCUT2D eigenvalue weighted by molar-refractivity contribution is 5.52. The van der Waals surface area contributed by atoms with Gasteiger partial charge in [-0.1, -0.05) is 6.92 Å². The first kappa shape index (κ1) is 15.9. The molecule has 0 bridgehead atoms. The van der Waals surface area contributed by atoms with E-state index in [1.165, 1.54) is 19.4 Å². The van der Waals surface area contributed by atoms with Crippen LogP contribution in [0.1, 0.15) is 31.5 Å². The standard InChI is InChI=1S/C18H25N3O2/c1-4-20-10-5-6-14(13-20)18-19-9-11-21(18)16-12-15(22-2)7-8-17(16)23-3/h7-9,11-12,14H,4-6,10,13H2,1-3H3. The van der Waals surface area contributed by atoms with Crippen LogP contribution in [0.2, 0.25) is 0 Å². The Morgan fingerprint density at radius 1 is 1.26 bits per heavy atom. The number of piperidine rings is 1. The molecule has 0 amide bonds. The topological polar surface area (TPSA) is 39.5 Å². The Labute approximate surface area is 137 Å². The van der Waals surface area contributed by atoms with E-state index in [1.54, 1.807) is 14.2 Å². The van der Waals surface area contributed by atoms with E-state index in [4.69, 9.17) is 9.47 Å². The highest BCUT2D eigenvalue weighted by atomic mass is 16.5. The van der Waals surface area contributed by atoms with Crippen molar-refractivity contribution < 1.29 is 9.47 Å². The largest absolute Gasteiger partial charge is 0.497 e. The number of hydrogen-bond donors (Lipinski definition) is 0. The van der Waals surface area contributed by atoms with Crippen LogP contribution >= 0.6 is 0 Å². The van der Waals surface area contributed by atoms with E-state index >= 15 is 0 Å². The number of ether oxygens (including phenoxy) is 2. The Morgan fingerprint density at radius 3 is 2.87 bits per heavy atom. The second-order valence-electron chi connectivity index (χ2n) is 5.93. The molecular weight excluding hydrogens is 290 g/mol. The Morgan fingerprint density at radius 2 is 2.13 bits per heavy atom. The number of methoxy groups -OCH3 is 2. The predicted molar refractivity (Wildman–Crippen MR) is 90.8 cm³/mol. The third kappa shape index (κ3) is 3.20. The maximum absolute atomic E-state index is 5.54. The van der Waals surface area contributed by atoms with Gasteiger partial charge in [0.2, 0.25) is 0 Å². The molecule has 3 rings (SSSR count). The van der Waals surface area contributed by atoms with Gasteiger partial charge in [0.05, 0.1) is 19.9 Å². The first-order valence-corrected chi connectivity index (χ1v) is 8.24. The molecule has 5 heteroatoms. The number of nitrogens with zero attached hydrogens (tertiary/aromatic N) is 3. The van der Waals surface area contributed by atoms with Gasteiger partial charge in [-0.15, -0.1) is 0 Å². The molecule has 2 aromatic rings. The Balaban J connectivity index is 1.97. The van der Waals surface area contributed by atoms with E-state index in [9.17, 15) is 0 Å². The maximum Gasteiger partial charge on any atom is 0.143 e. The minimum atomic E-state index is 0.453. The van der Waals surface area contributed by atoms with Crippen molar-refractivity contribution in [2.45, 2.75) is 25.7 Å². The van der Waals surface area contributed by atoms with Crippen molar-refractivity contribution in [3.05, 3.63) is 36.4 Å². The van der Waals surface area contributed by atoms with Crippen LogP contribution in [-0.4, -0.2) is 48.3 Å². The van der Waals surface area contributed by atoms with E-state index in [0.29, 0.717) is 5.92 Å². The second-order valence-corrected chi connectivity index (χ2v) is 5.93. The van der Waals surface area contributed by atoms with Crippen LogP contribution in [0, 0.1) is 0 Å². The summed E-state index contributed by atoms with van der Waals surface area (Å²) in [4.78, 5) is 7.15. The zero-order valence-electron chi connectivity index (χ0n) is 14.2. The molecule has 1 aliphatic heterocycles. The molecule has 0 aliphatic carbocycles. The molecule has 1 aromatic heterocycles. The van der Waals surface area contributed by atoms with Gasteiger partial charge in [-0.25, -0.2) is 4.98 Å². The molecule has 0 radical (unpaired) electrons. The minimum absolute atomic E-state index is 0.453. The smallest absolute Gasteiger partial charge is 0.143 e. The molecule has 5 nitrogen and oxygen atoms in total. The van der Waals surface area contributed by atoms with Gasteiger partial charge in [0.1, 0.15) is 17.3 Å². The fraction of sp³-hybridized carbons (Fsp3) is 0.500. The molecule has 23 heavy (non-hydrogen) atoms. The summed E-state index contributed by atoms with van der Waals surface area (Å²) >= 11 is 0. The molecule has 0 N–H and O–H groups in total. The van der Waals surface area contributed by atoms with E-state index in [2.05, 4.69) is 21.4 Å². The molecule has 0 spiro atoms. The van der Waals surface area contributed by atoms with E-state index in [1.807, 2.05) is 30.6 Å². The number of aromatic nitrogens is 2. The Kier molecular flexibility index (Phi) is 4.86. The lowest BCUT2D eigenvalue weighted by Crippen LogP contribution is -2.35. The van der Waals surface area contributed by atoms with E-state index in [0.717, 1.165) is 36.1 Å². The molecular formula is C18H25N3O2. The number of likely N-dealkylation sites (N-methyl/N-ethyl adjacent to an activating group) is 1. The van der Waals surface area contributed by atoms with Gasteiger partial charge < -0.3 is 14.4 Å². The van der Waals surface area contributed by atoms with Crippen molar-refractivity contribution in [3.63, 3.8) is 0 Å². The van der Waals surface area contributed by atoms with Gasteiger partial charge >= 0.3 is 0 Å². The van der Waals surface area contributed by atoms with E-state index < -0.39 is 0 Å².